The molecule has 0 amide bonds. The lowest BCUT2D eigenvalue weighted by Crippen LogP contribution is -2.32. The molecule has 1 saturated carbocycles. The van der Waals surface area contributed by atoms with Crippen LogP contribution in [-0.4, -0.2) is 62.3 Å². The van der Waals surface area contributed by atoms with Crippen molar-refractivity contribution < 1.29 is 33.6 Å². The molecule has 2 saturated heterocycles. The van der Waals surface area contributed by atoms with Crippen LogP contribution in [0.1, 0.15) is 90.9 Å². The van der Waals surface area contributed by atoms with Gasteiger partial charge in [-0.1, -0.05) is 50.0 Å². The molecule has 4 rings (SSSR count). The van der Waals surface area contributed by atoms with E-state index in [1.54, 1.807) is 6.92 Å². The molecule has 7 heteroatoms. The Morgan fingerprint density at radius 2 is 1.87 bits per heavy atom. The van der Waals surface area contributed by atoms with Gasteiger partial charge in [-0.2, -0.15) is 0 Å². The molecule has 9 atom stereocenters. The van der Waals surface area contributed by atoms with Gasteiger partial charge in [0, 0.05) is 19.1 Å². The van der Waals surface area contributed by atoms with Crippen molar-refractivity contribution in [3.63, 3.8) is 0 Å². The van der Waals surface area contributed by atoms with E-state index < -0.39 is 12.0 Å². The number of allylic oxidation sites excluding steroid dienone is 1. The van der Waals surface area contributed by atoms with Crippen LogP contribution in [0.4, 0.5) is 0 Å². The number of hydrogen-bond acceptors (Lipinski definition) is 7. The highest BCUT2D eigenvalue weighted by Gasteiger charge is 2.48. The molecule has 0 aromatic rings. The Labute approximate surface area is 229 Å². The lowest BCUT2D eigenvalue weighted by atomic mass is 9.85. The van der Waals surface area contributed by atoms with E-state index in [1.807, 2.05) is 0 Å². The highest BCUT2D eigenvalue weighted by molar-refractivity contribution is 5.76. The van der Waals surface area contributed by atoms with Gasteiger partial charge in [0.25, 0.3) is 0 Å². The zero-order valence-corrected chi connectivity index (χ0v) is 23.7. The van der Waals surface area contributed by atoms with E-state index in [2.05, 4.69) is 25.2 Å². The maximum Gasteiger partial charge on any atom is 0.315 e. The number of carbonyl (C=O) groups is 1. The summed E-state index contributed by atoms with van der Waals surface area (Å²) in [5.74, 6) is -0.150. The van der Waals surface area contributed by atoms with Crippen LogP contribution in [0.5, 0.6) is 0 Å². The molecule has 2 aliphatic heterocycles. The molecular formula is C31H50O7. The van der Waals surface area contributed by atoms with Crippen LogP contribution in [0, 0.1) is 23.7 Å². The third-order valence-corrected chi connectivity index (χ3v) is 8.78. The standard InChI is InChI=1S/C31H50O7/c1-4-5-6-11-24(37-28-12-7-9-16-35-28)14-15-25-26-19-23(30(21(2)32)31(33)34-3)18-22(26)20-27(25)38-29-13-8-10-17-36-29/h14-15,18,21-22,24-30,32H,4-13,16-17,19-20H2,1-3H3/b15-14+/t21?,22-,24-,25+,26-,27+,28?,29?,30?/m0/s1. The zero-order valence-electron chi connectivity index (χ0n) is 23.7. The molecule has 7 nitrogen and oxygen atoms in total. The smallest absolute Gasteiger partial charge is 0.315 e. The fourth-order valence-corrected chi connectivity index (χ4v) is 6.77. The Balaban J connectivity index is 1.50. The van der Waals surface area contributed by atoms with Crippen LogP contribution in [-0.2, 0) is 28.5 Å². The van der Waals surface area contributed by atoms with Crippen molar-refractivity contribution in [3.05, 3.63) is 23.8 Å². The first kappa shape index (κ1) is 29.7. The molecule has 0 radical (unpaired) electrons. The molecule has 4 unspecified atom stereocenters. The first-order chi connectivity index (χ1) is 18.5. The second-order valence-electron chi connectivity index (χ2n) is 11.6. The van der Waals surface area contributed by atoms with Crippen molar-refractivity contribution in [2.45, 2.75) is 122 Å². The normalized spacial score (nSPS) is 34.1. The summed E-state index contributed by atoms with van der Waals surface area (Å²) < 4.78 is 29.9. The fourth-order valence-electron chi connectivity index (χ4n) is 6.77. The van der Waals surface area contributed by atoms with Gasteiger partial charge >= 0.3 is 5.97 Å². The Bertz CT molecular complexity index is 781. The Hall–Kier alpha value is -1.25. The predicted molar refractivity (Wildman–Crippen MR) is 145 cm³/mol. The van der Waals surface area contributed by atoms with Gasteiger partial charge in [0.05, 0.1) is 25.4 Å². The maximum absolute atomic E-state index is 12.5. The number of ether oxygens (including phenoxy) is 5. The number of unbranched alkanes of at least 4 members (excludes halogenated alkanes) is 2. The second-order valence-corrected chi connectivity index (χ2v) is 11.6. The van der Waals surface area contributed by atoms with Crippen molar-refractivity contribution in [2.75, 3.05) is 20.3 Å². The Morgan fingerprint density at radius 1 is 1.13 bits per heavy atom. The van der Waals surface area contributed by atoms with Crippen LogP contribution in [0.2, 0.25) is 0 Å². The zero-order chi connectivity index (χ0) is 26.9. The second kappa shape index (κ2) is 14.9. The van der Waals surface area contributed by atoms with Crippen molar-refractivity contribution in [1.82, 2.24) is 0 Å². The minimum Gasteiger partial charge on any atom is -0.468 e. The molecule has 0 bridgehead atoms. The van der Waals surface area contributed by atoms with Crippen molar-refractivity contribution in [3.8, 4) is 0 Å². The molecule has 216 valence electrons. The molecule has 3 fully saturated rings. The average molecular weight is 535 g/mol. The number of hydrogen-bond donors (Lipinski definition) is 1. The maximum atomic E-state index is 12.5. The summed E-state index contributed by atoms with van der Waals surface area (Å²) >= 11 is 0. The SMILES string of the molecule is CCCCC[C@@H](/C=C/[C@@H]1[C@H]2CC(C(C(=O)OC)C(C)O)=C[C@H]2C[C@H]1OC1CCCCO1)OC1CCCCO1. The fraction of sp³-hybridized carbons (Fsp3) is 0.839. The van der Waals surface area contributed by atoms with Gasteiger partial charge in [-0.3, -0.25) is 4.79 Å². The van der Waals surface area contributed by atoms with Gasteiger partial charge in [-0.25, -0.2) is 0 Å². The number of carbonyl (C=O) groups excluding carboxylic acids is 1. The van der Waals surface area contributed by atoms with Gasteiger partial charge in [0.1, 0.15) is 5.92 Å². The van der Waals surface area contributed by atoms with E-state index in [4.69, 9.17) is 23.7 Å². The predicted octanol–water partition coefficient (Wildman–Crippen LogP) is 5.70. The molecule has 1 N–H and O–H groups in total. The first-order valence-electron chi connectivity index (χ1n) is 15.2. The highest BCUT2D eigenvalue weighted by Crippen LogP contribution is 2.51. The molecule has 0 aromatic heterocycles. The summed E-state index contributed by atoms with van der Waals surface area (Å²) in [7, 11) is 1.39. The van der Waals surface area contributed by atoms with Crippen LogP contribution in [0.3, 0.4) is 0 Å². The Morgan fingerprint density at radius 3 is 2.50 bits per heavy atom. The third-order valence-electron chi connectivity index (χ3n) is 8.78. The summed E-state index contributed by atoms with van der Waals surface area (Å²) in [6, 6.07) is 0. The molecule has 0 aromatic carbocycles. The number of methoxy groups -OCH3 is 1. The van der Waals surface area contributed by atoms with E-state index in [0.717, 1.165) is 83.0 Å². The number of aliphatic hydroxyl groups excluding tert-OH is 1. The van der Waals surface area contributed by atoms with Gasteiger partial charge < -0.3 is 28.8 Å². The van der Waals surface area contributed by atoms with Crippen molar-refractivity contribution in [1.29, 1.82) is 0 Å². The number of rotatable bonds is 13. The number of esters is 1. The topological polar surface area (TPSA) is 83.5 Å². The van der Waals surface area contributed by atoms with Gasteiger partial charge in [-0.05, 0) is 76.5 Å². The first-order valence-corrected chi connectivity index (χ1v) is 15.2. The van der Waals surface area contributed by atoms with Gasteiger partial charge in [-0.15, -0.1) is 0 Å². The molecule has 38 heavy (non-hydrogen) atoms. The molecule has 0 spiro atoms. The minimum absolute atomic E-state index is 0.0180. The summed E-state index contributed by atoms with van der Waals surface area (Å²) in [6.45, 7) is 5.44. The summed E-state index contributed by atoms with van der Waals surface area (Å²) in [5.41, 5.74) is 0.999. The number of fused-ring (bicyclic) bond motifs is 1. The van der Waals surface area contributed by atoms with E-state index in [-0.39, 0.29) is 36.7 Å². The lowest BCUT2D eigenvalue weighted by molar-refractivity contribution is -0.193. The largest absolute Gasteiger partial charge is 0.468 e. The number of aliphatic hydroxyl groups is 1. The average Bonchev–Trinajstić information content (AvgIpc) is 3.45. The van der Waals surface area contributed by atoms with E-state index >= 15 is 0 Å². The Kier molecular flexibility index (Phi) is 11.7. The monoisotopic (exact) mass is 534 g/mol. The molecule has 2 heterocycles. The van der Waals surface area contributed by atoms with Gasteiger partial charge in [0.15, 0.2) is 12.6 Å². The lowest BCUT2D eigenvalue weighted by Gasteiger charge is -2.30. The quantitative estimate of drug-likeness (QED) is 0.184. The van der Waals surface area contributed by atoms with Crippen LogP contribution < -0.4 is 0 Å². The molecular weight excluding hydrogens is 484 g/mol. The van der Waals surface area contributed by atoms with Crippen molar-refractivity contribution in [2.24, 2.45) is 23.7 Å². The van der Waals surface area contributed by atoms with E-state index in [1.165, 1.54) is 20.0 Å². The van der Waals surface area contributed by atoms with Crippen LogP contribution in [0.25, 0.3) is 0 Å². The molecule has 2 aliphatic carbocycles. The van der Waals surface area contributed by atoms with Crippen LogP contribution in [0.15, 0.2) is 23.8 Å². The van der Waals surface area contributed by atoms with E-state index in [9.17, 15) is 9.90 Å². The minimum atomic E-state index is -0.781. The van der Waals surface area contributed by atoms with Crippen molar-refractivity contribution >= 4 is 5.97 Å². The van der Waals surface area contributed by atoms with Crippen LogP contribution >= 0.6 is 0 Å². The summed E-state index contributed by atoms with van der Waals surface area (Å²) in [5, 5.41) is 10.4. The summed E-state index contributed by atoms with van der Waals surface area (Å²) in [6.07, 6.45) is 18.4. The summed E-state index contributed by atoms with van der Waals surface area (Å²) in [4.78, 5) is 12.5. The highest BCUT2D eigenvalue weighted by atomic mass is 16.7. The van der Waals surface area contributed by atoms with Gasteiger partial charge in [0.2, 0.25) is 0 Å². The molecule has 4 aliphatic rings. The van der Waals surface area contributed by atoms with E-state index in [0.29, 0.717) is 11.8 Å². The third kappa shape index (κ3) is 7.91.